The zero-order valence-electron chi connectivity index (χ0n) is 17.6. The molecule has 2 saturated heterocycles. The van der Waals surface area contributed by atoms with Crippen molar-refractivity contribution >= 4 is 32.0 Å². The Kier molecular flexibility index (Phi) is 6.34. The first kappa shape index (κ1) is 21.9. The lowest BCUT2D eigenvalue weighted by Crippen LogP contribution is -2.57. The van der Waals surface area contributed by atoms with Crippen LogP contribution in [0.2, 0.25) is 18.1 Å². The second-order valence-corrected chi connectivity index (χ2v) is 15.5. The molecule has 3 aliphatic rings. The summed E-state index contributed by atoms with van der Waals surface area (Å²) in [5, 5.41) is 9.72. The van der Waals surface area contributed by atoms with Crippen LogP contribution < -0.4 is 0 Å². The first-order chi connectivity index (χ1) is 13.0. The number of aliphatic carboxylic acids is 1. The monoisotopic (exact) mass is 427 g/mol. The average Bonchev–Trinajstić information content (AvgIpc) is 2.93. The van der Waals surface area contributed by atoms with Crippen molar-refractivity contribution in [3.63, 3.8) is 0 Å². The molecule has 2 fully saturated rings. The summed E-state index contributed by atoms with van der Waals surface area (Å²) in [6.45, 7) is 12.3. The lowest BCUT2D eigenvalue weighted by atomic mass is 9.94. The summed E-state index contributed by atoms with van der Waals surface area (Å²) >= 11 is 1.55. The van der Waals surface area contributed by atoms with Crippen molar-refractivity contribution in [1.82, 2.24) is 4.90 Å². The van der Waals surface area contributed by atoms with Crippen LogP contribution in [-0.2, 0) is 18.8 Å². The zero-order valence-corrected chi connectivity index (χ0v) is 19.4. The van der Waals surface area contributed by atoms with Gasteiger partial charge in [-0.1, -0.05) is 20.8 Å². The van der Waals surface area contributed by atoms with Crippen LogP contribution in [0.1, 0.15) is 52.9 Å². The van der Waals surface area contributed by atoms with E-state index in [0.717, 1.165) is 30.8 Å². The number of nitrogens with zero attached hydrogens (tertiary/aromatic N) is 1. The number of carbonyl (C=O) groups is 2. The molecule has 6 nitrogen and oxygen atoms in total. The van der Waals surface area contributed by atoms with Crippen LogP contribution in [0.25, 0.3) is 0 Å². The Morgan fingerprint density at radius 3 is 2.64 bits per heavy atom. The molecule has 8 heteroatoms. The number of amides is 1. The van der Waals surface area contributed by atoms with Gasteiger partial charge in [0.05, 0.1) is 17.4 Å². The summed E-state index contributed by atoms with van der Waals surface area (Å²) in [6, 6.07) is 0. The SMILES string of the molecule is CC(C)(C)[Si](C)(C)OCC[C@H]1C(=O)N2C(C(=O)O)=C(CC3CCCCO3)S[C@H]12. The Morgan fingerprint density at radius 1 is 1.36 bits per heavy atom. The number of thioether (sulfide) groups is 1. The molecule has 1 N–H and O–H groups in total. The van der Waals surface area contributed by atoms with Crippen molar-refractivity contribution in [2.75, 3.05) is 13.2 Å². The van der Waals surface area contributed by atoms with Crippen molar-refractivity contribution in [3.05, 3.63) is 10.6 Å². The predicted octanol–water partition coefficient (Wildman–Crippen LogP) is 4.19. The first-order valence-corrected chi connectivity index (χ1v) is 14.0. The van der Waals surface area contributed by atoms with Gasteiger partial charge in [0.25, 0.3) is 0 Å². The number of fused-ring (bicyclic) bond motifs is 1. The molecule has 28 heavy (non-hydrogen) atoms. The van der Waals surface area contributed by atoms with E-state index in [1.807, 2.05) is 0 Å². The highest BCUT2D eigenvalue weighted by atomic mass is 32.2. The Labute approximate surface area is 173 Å². The summed E-state index contributed by atoms with van der Waals surface area (Å²) < 4.78 is 12.0. The number of carboxylic acids is 1. The largest absolute Gasteiger partial charge is 0.477 e. The van der Waals surface area contributed by atoms with E-state index in [2.05, 4.69) is 33.9 Å². The van der Waals surface area contributed by atoms with Gasteiger partial charge in [-0.2, -0.15) is 0 Å². The molecular weight excluding hydrogens is 394 g/mol. The van der Waals surface area contributed by atoms with E-state index in [4.69, 9.17) is 9.16 Å². The Morgan fingerprint density at radius 2 is 2.07 bits per heavy atom. The van der Waals surface area contributed by atoms with Crippen molar-refractivity contribution in [2.45, 2.75) is 82.5 Å². The van der Waals surface area contributed by atoms with Crippen molar-refractivity contribution in [1.29, 1.82) is 0 Å². The predicted molar refractivity (Wildman–Crippen MR) is 112 cm³/mol. The summed E-state index contributed by atoms with van der Waals surface area (Å²) in [4.78, 5) is 26.8. The fraction of sp³-hybridized carbons (Fsp3) is 0.800. The maximum absolute atomic E-state index is 12.7. The van der Waals surface area contributed by atoms with E-state index >= 15 is 0 Å². The third-order valence-electron chi connectivity index (χ3n) is 6.51. The highest BCUT2D eigenvalue weighted by Crippen LogP contribution is 2.52. The molecule has 0 aliphatic carbocycles. The molecule has 1 unspecified atom stereocenters. The Hall–Kier alpha value is -0.833. The number of β-lactam (4-membered cyclic amide) rings is 1. The third kappa shape index (κ3) is 4.20. The van der Waals surface area contributed by atoms with Gasteiger partial charge in [-0.15, -0.1) is 11.8 Å². The molecule has 0 saturated carbocycles. The van der Waals surface area contributed by atoms with E-state index in [1.54, 1.807) is 11.8 Å². The molecule has 3 heterocycles. The highest BCUT2D eigenvalue weighted by molar-refractivity contribution is 8.04. The second-order valence-electron chi connectivity index (χ2n) is 9.49. The fourth-order valence-corrected chi connectivity index (χ4v) is 6.36. The Bertz CT molecular complexity index is 666. The van der Waals surface area contributed by atoms with Crippen LogP contribution in [0.5, 0.6) is 0 Å². The molecule has 0 bridgehead atoms. The lowest BCUT2D eigenvalue weighted by molar-refractivity contribution is -0.152. The van der Waals surface area contributed by atoms with Crippen LogP contribution in [0, 0.1) is 5.92 Å². The summed E-state index contributed by atoms with van der Waals surface area (Å²) in [6.07, 6.45) is 4.46. The van der Waals surface area contributed by atoms with Gasteiger partial charge in [-0.25, -0.2) is 4.79 Å². The number of ether oxygens (including phenoxy) is 1. The Balaban J connectivity index is 1.61. The quantitative estimate of drug-likeness (QED) is 0.485. The van der Waals surface area contributed by atoms with Gasteiger partial charge in [0.1, 0.15) is 5.70 Å². The molecule has 3 aliphatic heterocycles. The lowest BCUT2D eigenvalue weighted by Gasteiger charge is -2.43. The van der Waals surface area contributed by atoms with Crippen LogP contribution in [0.3, 0.4) is 0 Å². The van der Waals surface area contributed by atoms with Gasteiger partial charge in [0.2, 0.25) is 5.91 Å². The fourth-order valence-electron chi connectivity index (χ4n) is 3.70. The molecule has 3 rings (SSSR count). The topological polar surface area (TPSA) is 76.1 Å². The maximum atomic E-state index is 12.7. The second kappa shape index (κ2) is 8.12. The molecule has 0 spiro atoms. The minimum Gasteiger partial charge on any atom is -0.477 e. The maximum Gasteiger partial charge on any atom is 0.353 e. The van der Waals surface area contributed by atoms with Crippen molar-refractivity contribution in [2.24, 2.45) is 5.92 Å². The molecule has 158 valence electrons. The zero-order chi connectivity index (χ0) is 20.7. The molecule has 0 aromatic carbocycles. The molecule has 0 radical (unpaired) electrons. The number of carboxylic acid groups (broad SMARTS) is 1. The third-order valence-corrected chi connectivity index (χ3v) is 12.5. The summed E-state index contributed by atoms with van der Waals surface area (Å²) in [5.41, 5.74) is 0.177. The standard InChI is InChI=1S/C20H33NO5SSi/c1-20(2,3)28(4,5)26-11-9-14-17(22)21-16(19(23)24)15(27-18(14)21)12-13-8-6-7-10-25-13/h13-14,18H,6-12H2,1-5H3,(H,23,24)/t13?,14-,18+/m0/s1. The van der Waals surface area contributed by atoms with Gasteiger partial charge in [-0.3, -0.25) is 9.69 Å². The van der Waals surface area contributed by atoms with Gasteiger partial charge in [0, 0.05) is 24.5 Å². The molecule has 1 amide bonds. The number of carbonyl (C=O) groups excluding carboxylic acids is 1. The van der Waals surface area contributed by atoms with Gasteiger partial charge in [0.15, 0.2) is 8.32 Å². The van der Waals surface area contributed by atoms with Gasteiger partial charge < -0.3 is 14.3 Å². The number of rotatable bonds is 7. The smallest absolute Gasteiger partial charge is 0.353 e. The number of hydrogen-bond acceptors (Lipinski definition) is 5. The van der Waals surface area contributed by atoms with Crippen LogP contribution in [0.4, 0.5) is 0 Å². The average molecular weight is 428 g/mol. The van der Waals surface area contributed by atoms with E-state index in [-0.39, 0.29) is 34.0 Å². The molecular formula is C20H33NO5SSi. The van der Waals surface area contributed by atoms with Gasteiger partial charge >= 0.3 is 5.97 Å². The minimum absolute atomic E-state index is 0.0692. The highest BCUT2D eigenvalue weighted by Gasteiger charge is 2.55. The van der Waals surface area contributed by atoms with Crippen LogP contribution in [-0.4, -0.2) is 54.9 Å². The molecule has 0 aromatic rings. The van der Waals surface area contributed by atoms with E-state index < -0.39 is 14.3 Å². The normalized spacial score (nSPS) is 28.4. The van der Waals surface area contributed by atoms with Crippen molar-refractivity contribution < 1.29 is 23.9 Å². The van der Waals surface area contributed by atoms with E-state index in [9.17, 15) is 14.7 Å². The van der Waals surface area contributed by atoms with Crippen molar-refractivity contribution in [3.8, 4) is 0 Å². The first-order valence-electron chi connectivity index (χ1n) is 10.2. The molecule has 3 atom stereocenters. The van der Waals surface area contributed by atoms with Gasteiger partial charge in [-0.05, 0) is 43.8 Å². The molecule has 0 aromatic heterocycles. The van der Waals surface area contributed by atoms with Crippen LogP contribution >= 0.6 is 11.8 Å². The van der Waals surface area contributed by atoms with Crippen LogP contribution in [0.15, 0.2) is 10.6 Å². The minimum atomic E-state index is -1.84. The summed E-state index contributed by atoms with van der Waals surface area (Å²) in [7, 11) is -1.84. The van der Waals surface area contributed by atoms with E-state index in [1.165, 1.54) is 4.90 Å². The van der Waals surface area contributed by atoms with E-state index in [0.29, 0.717) is 19.4 Å². The summed E-state index contributed by atoms with van der Waals surface area (Å²) in [5.74, 6) is -1.24. The number of hydrogen-bond donors (Lipinski definition) is 1.